The standard InChI is InChI=1S/C54H101N2O6P/c1-6-8-10-12-14-16-18-20-22-24-25-26-27-28-29-30-31-32-34-36-38-40-42-44-46-48-54(58)55-52(51-62-63(59,60)61-50-49-56(3,4)5)53(57)47-45-43-41-39-37-35-33-23-21-19-17-15-13-11-9-7-2/h18,20-21,23-25,37,39,45,47,52-53,57H,6-17,19,22,26-36,38,40-44,46,48-51H2,1-5H3,(H-,55,58,59,60)/p+1/b20-18-,23-21+,25-24-,39-37+,47-45+. The molecule has 8 nitrogen and oxygen atoms in total. The van der Waals surface area contributed by atoms with Crippen LogP contribution in [0.1, 0.15) is 226 Å². The Hall–Kier alpha value is -1.80. The van der Waals surface area contributed by atoms with Gasteiger partial charge in [0, 0.05) is 6.42 Å². The molecule has 0 rings (SSSR count). The van der Waals surface area contributed by atoms with Crippen LogP contribution in [0.25, 0.3) is 0 Å². The van der Waals surface area contributed by atoms with Crippen molar-refractivity contribution < 1.29 is 32.9 Å². The largest absolute Gasteiger partial charge is 0.472 e. The molecule has 0 aromatic rings. The highest BCUT2D eigenvalue weighted by atomic mass is 31.2. The van der Waals surface area contributed by atoms with Gasteiger partial charge in [-0.2, -0.15) is 0 Å². The monoisotopic (exact) mass is 906 g/mol. The third-order valence-electron chi connectivity index (χ3n) is 11.4. The van der Waals surface area contributed by atoms with E-state index in [4.69, 9.17) is 9.05 Å². The number of hydrogen-bond donors (Lipinski definition) is 3. The Labute approximate surface area is 390 Å². The van der Waals surface area contributed by atoms with E-state index in [1.807, 2.05) is 27.2 Å². The van der Waals surface area contributed by atoms with Crippen LogP contribution in [0, 0.1) is 0 Å². The van der Waals surface area contributed by atoms with Gasteiger partial charge >= 0.3 is 7.82 Å². The van der Waals surface area contributed by atoms with Crippen LogP contribution in [0.4, 0.5) is 0 Å². The quantitative estimate of drug-likeness (QED) is 0.0243. The summed E-state index contributed by atoms with van der Waals surface area (Å²) in [6.45, 7) is 4.77. The SMILES string of the molecule is CCCCCCC/C=C\C/C=C\CCCCCCCCCCCCCCCC(=O)NC(COP(=O)(O)OCC[N+](C)(C)C)C(O)/C=C/CC/C=C/CC/C=C/CCCCCCCC. The van der Waals surface area contributed by atoms with E-state index in [0.717, 1.165) is 51.4 Å². The van der Waals surface area contributed by atoms with Crippen molar-refractivity contribution >= 4 is 13.7 Å². The number of hydrogen-bond acceptors (Lipinski definition) is 5. The number of carbonyl (C=O) groups excluding carboxylic acids is 1. The van der Waals surface area contributed by atoms with Crippen LogP contribution in [-0.4, -0.2) is 73.4 Å². The molecule has 63 heavy (non-hydrogen) atoms. The van der Waals surface area contributed by atoms with Gasteiger partial charge in [-0.25, -0.2) is 4.57 Å². The van der Waals surface area contributed by atoms with E-state index >= 15 is 0 Å². The zero-order valence-electron chi connectivity index (χ0n) is 41.8. The number of phosphoric acid groups is 1. The molecule has 368 valence electrons. The Morgan fingerprint density at radius 1 is 0.540 bits per heavy atom. The van der Waals surface area contributed by atoms with Gasteiger partial charge in [-0.15, -0.1) is 0 Å². The molecule has 0 saturated heterocycles. The first-order valence-electron chi connectivity index (χ1n) is 26.2. The van der Waals surface area contributed by atoms with Gasteiger partial charge in [0.2, 0.25) is 5.91 Å². The van der Waals surface area contributed by atoms with E-state index in [1.165, 1.54) is 154 Å². The smallest absolute Gasteiger partial charge is 0.387 e. The molecule has 3 unspecified atom stereocenters. The predicted molar refractivity (Wildman–Crippen MR) is 272 cm³/mol. The van der Waals surface area contributed by atoms with Crippen LogP contribution >= 0.6 is 7.82 Å². The normalized spacial score (nSPS) is 14.6. The average Bonchev–Trinajstić information content (AvgIpc) is 3.24. The van der Waals surface area contributed by atoms with Gasteiger partial charge < -0.3 is 19.8 Å². The van der Waals surface area contributed by atoms with Crippen LogP contribution < -0.4 is 5.32 Å². The van der Waals surface area contributed by atoms with Crippen molar-refractivity contribution in [2.75, 3.05) is 40.9 Å². The van der Waals surface area contributed by atoms with Crippen molar-refractivity contribution in [1.82, 2.24) is 5.32 Å². The number of amides is 1. The molecule has 0 radical (unpaired) electrons. The van der Waals surface area contributed by atoms with Gasteiger partial charge in [-0.3, -0.25) is 13.8 Å². The van der Waals surface area contributed by atoms with Gasteiger partial charge in [-0.1, -0.05) is 203 Å². The number of carbonyl (C=O) groups is 1. The molecule has 0 aliphatic carbocycles. The number of quaternary nitrogens is 1. The molecule has 0 saturated carbocycles. The number of aliphatic hydroxyl groups is 1. The second kappa shape index (κ2) is 45.4. The van der Waals surface area contributed by atoms with E-state index in [2.05, 4.69) is 67.8 Å². The Morgan fingerprint density at radius 2 is 0.921 bits per heavy atom. The highest BCUT2D eigenvalue weighted by Gasteiger charge is 2.27. The van der Waals surface area contributed by atoms with Crippen LogP contribution in [0.15, 0.2) is 60.8 Å². The van der Waals surface area contributed by atoms with Crippen LogP contribution in [-0.2, 0) is 18.4 Å². The Kier molecular flexibility index (Phi) is 44.1. The molecule has 0 fully saturated rings. The van der Waals surface area contributed by atoms with Gasteiger partial charge in [0.1, 0.15) is 13.2 Å². The van der Waals surface area contributed by atoms with Crippen molar-refractivity contribution in [1.29, 1.82) is 0 Å². The molecule has 0 aliphatic heterocycles. The lowest BCUT2D eigenvalue weighted by molar-refractivity contribution is -0.870. The average molecular weight is 906 g/mol. The molecular weight excluding hydrogens is 804 g/mol. The number of nitrogens with one attached hydrogen (secondary N) is 1. The summed E-state index contributed by atoms with van der Waals surface area (Å²) in [5.74, 6) is -0.193. The fourth-order valence-electron chi connectivity index (χ4n) is 7.28. The van der Waals surface area contributed by atoms with Gasteiger partial charge in [0.05, 0.1) is 39.9 Å². The fraction of sp³-hybridized carbons (Fsp3) is 0.796. The molecule has 0 aliphatic rings. The summed E-state index contributed by atoms with van der Waals surface area (Å²) in [5.41, 5.74) is 0. The maximum Gasteiger partial charge on any atom is 0.472 e. The molecule has 9 heteroatoms. The lowest BCUT2D eigenvalue weighted by Gasteiger charge is -2.25. The molecule has 0 spiro atoms. The lowest BCUT2D eigenvalue weighted by atomic mass is 10.0. The molecule has 3 atom stereocenters. The van der Waals surface area contributed by atoms with E-state index in [-0.39, 0.29) is 19.1 Å². The number of unbranched alkanes of at least 4 members (excludes halogenated alkanes) is 26. The second-order valence-electron chi connectivity index (χ2n) is 18.9. The first-order chi connectivity index (χ1) is 30.5. The Morgan fingerprint density at radius 3 is 1.37 bits per heavy atom. The first-order valence-corrected chi connectivity index (χ1v) is 27.7. The van der Waals surface area contributed by atoms with E-state index in [1.54, 1.807) is 6.08 Å². The number of aliphatic hydroxyl groups excluding tert-OH is 1. The summed E-state index contributed by atoms with van der Waals surface area (Å²) in [6, 6.07) is -0.871. The minimum atomic E-state index is -4.36. The van der Waals surface area contributed by atoms with Crippen molar-refractivity contribution in [3.63, 3.8) is 0 Å². The van der Waals surface area contributed by atoms with E-state index < -0.39 is 20.0 Å². The zero-order valence-corrected chi connectivity index (χ0v) is 42.7. The Bertz CT molecular complexity index is 1210. The maximum atomic E-state index is 12.9. The maximum absolute atomic E-state index is 12.9. The predicted octanol–water partition coefficient (Wildman–Crippen LogP) is 15.4. The summed E-state index contributed by atoms with van der Waals surface area (Å²) in [7, 11) is 1.54. The number of allylic oxidation sites excluding steroid dienone is 9. The van der Waals surface area contributed by atoms with Crippen molar-refractivity contribution in [3.05, 3.63) is 60.8 Å². The molecule has 0 heterocycles. The molecule has 0 bridgehead atoms. The summed E-state index contributed by atoms with van der Waals surface area (Å²) in [4.78, 5) is 23.2. The minimum absolute atomic E-state index is 0.0519. The number of nitrogens with zero attached hydrogens (tertiary/aromatic N) is 1. The molecule has 0 aromatic carbocycles. The second-order valence-corrected chi connectivity index (χ2v) is 20.3. The van der Waals surface area contributed by atoms with Gasteiger partial charge in [0.15, 0.2) is 0 Å². The van der Waals surface area contributed by atoms with Crippen LogP contribution in [0.3, 0.4) is 0 Å². The van der Waals surface area contributed by atoms with Crippen molar-refractivity contribution in [3.8, 4) is 0 Å². The lowest BCUT2D eigenvalue weighted by Crippen LogP contribution is -2.45. The number of likely N-dealkylation sites (N-methyl/N-ethyl adjacent to an activating group) is 1. The third kappa shape index (κ3) is 48.0. The molecule has 0 aromatic heterocycles. The minimum Gasteiger partial charge on any atom is -0.387 e. The van der Waals surface area contributed by atoms with E-state index in [0.29, 0.717) is 17.4 Å². The fourth-order valence-corrected chi connectivity index (χ4v) is 8.02. The summed E-state index contributed by atoms with van der Waals surface area (Å²) >= 11 is 0. The number of phosphoric ester groups is 1. The summed E-state index contributed by atoms with van der Waals surface area (Å²) < 4.78 is 23.6. The topological polar surface area (TPSA) is 105 Å². The zero-order chi connectivity index (χ0) is 46.4. The molecule has 1 amide bonds. The summed E-state index contributed by atoms with van der Waals surface area (Å²) in [6.07, 6.45) is 60.2. The van der Waals surface area contributed by atoms with Gasteiger partial charge in [-0.05, 0) is 77.0 Å². The highest BCUT2D eigenvalue weighted by molar-refractivity contribution is 7.47. The van der Waals surface area contributed by atoms with Crippen LogP contribution in [0.2, 0.25) is 0 Å². The van der Waals surface area contributed by atoms with Crippen molar-refractivity contribution in [2.45, 2.75) is 238 Å². The highest BCUT2D eigenvalue weighted by Crippen LogP contribution is 2.43. The van der Waals surface area contributed by atoms with Crippen LogP contribution in [0.5, 0.6) is 0 Å². The first kappa shape index (κ1) is 61.2. The molecule has 3 N–H and O–H groups in total. The Balaban J connectivity index is 4.29. The van der Waals surface area contributed by atoms with Crippen molar-refractivity contribution in [2.24, 2.45) is 0 Å². The summed E-state index contributed by atoms with van der Waals surface area (Å²) in [5, 5.41) is 13.9. The number of rotatable bonds is 47. The molecular formula is C54H102N2O6P+. The van der Waals surface area contributed by atoms with E-state index in [9.17, 15) is 19.4 Å². The van der Waals surface area contributed by atoms with Gasteiger partial charge in [0.25, 0.3) is 0 Å². The third-order valence-corrected chi connectivity index (χ3v) is 12.4.